The minimum atomic E-state index is -0.778. The Hall–Kier alpha value is -1.14. The second-order valence-corrected chi connectivity index (χ2v) is 5.06. The molecule has 19 heavy (non-hydrogen) atoms. The monoisotopic (exact) mass is 271 g/mol. The molecule has 0 radical (unpaired) electrons. The number of carboxylic acids is 1. The molecule has 1 rings (SSSR count). The van der Waals surface area contributed by atoms with E-state index >= 15 is 0 Å². The van der Waals surface area contributed by atoms with Gasteiger partial charge < -0.3 is 15.7 Å². The number of carbonyl (C=O) groups is 2. The van der Waals surface area contributed by atoms with Gasteiger partial charge in [-0.2, -0.15) is 0 Å². The van der Waals surface area contributed by atoms with Gasteiger partial charge in [0.25, 0.3) is 0 Å². The number of carboxylic acid groups (broad SMARTS) is 1. The molecule has 0 bridgehead atoms. The van der Waals surface area contributed by atoms with E-state index < -0.39 is 5.97 Å². The molecule has 110 valence electrons. The van der Waals surface area contributed by atoms with Gasteiger partial charge in [0.15, 0.2) is 0 Å². The number of aliphatic carboxylic acids is 1. The van der Waals surface area contributed by atoms with Crippen LogP contribution in [0.25, 0.3) is 0 Å². The lowest BCUT2D eigenvalue weighted by molar-refractivity contribution is -0.138. The SMILES string of the molecule is CCCCC(N)C(=O)N1CCN(CCC(=O)O)CC1. The zero-order valence-corrected chi connectivity index (χ0v) is 11.7. The highest BCUT2D eigenvalue weighted by Gasteiger charge is 2.24. The zero-order chi connectivity index (χ0) is 14.3. The summed E-state index contributed by atoms with van der Waals surface area (Å²) in [4.78, 5) is 26.4. The second kappa shape index (κ2) is 8.12. The molecule has 1 heterocycles. The van der Waals surface area contributed by atoms with Gasteiger partial charge in [-0.15, -0.1) is 0 Å². The molecule has 1 atom stereocenters. The average Bonchev–Trinajstić information content (AvgIpc) is 2.42. The topological polar surface area (TPSA) is 86.9 Å². The van der Waals surface area contributed by atoms with Crippen molar-refractivity contribution in [1.29, 1.82) is 0 Å². The molecule has 0 aromatic rings. The first kappa shape index (κ1) is 15.9. The van der Waals surface area contributed by atoms with Crippen LogP contribution in [0.3, 0.4) is 0 Å². The molecule has 1 aliphatic heterocycles. The molecule has 6 heteroatoms. The van der Waals surface area contributed by atoms with E-state index in [2.05, 4.69) is 11.8 Å². The summed E-state index contributed by atoms with van der Waals surface area (Å²) in [5.74, 6) is -0.744. The van der Waals surface area contributed by atoms with Crippen LogP contribution in [0, 0.1) is 0 Å². The summed E-state index contributed by atoms with van der Waals surface area (Å²) < 4.78 is 0. The third-order valence-corrected chi connectivity index (χ3v) is 3.51. The number of piperazine rings is 1. The van der Waals surface area contributed by atoms with Crippen molar-refractivity contribution in [2.75, 3.05) is 32.7 Å². The molecule has 3 N–H and O–H groups in total. The summed E-state index contributed by atoms with van der Waals surface area (Å²) in [5, 5.41) is 8.63. The first-order valence-corrected chi connectivity index (χ1v) is 7.03. The number of carbonyl (C=O) groups excluding carboxylic acids is 1. The van der Waals surface area contributed by atoms with E-state index in [1.165, 1.54) is 0 Å². The minimum Gasteiger partial charge on any atom is -0.481 e. The smallest absolute Gasteiger partial charge is 0.304 e. The Balaban J connectivity index is 2.28. The standard InChI is InChI=1S/C13H25N3O3/c1-2-3-4-11(14)13(19)16-9-7-15(8-10-16)6-5-12(17)18/h11H,2-10,14H2,1H3,(H,17,18). The third kappa shape index (κ3) is 5.57. The van der Waals surface area contributed by atoms with Crippen LogP contribution >= 0.6 is 0 Å². The normalized spacial score (nSPS) is 18.3. The summed E-state index contributed by atoms with van der Waals surface area (Å²) in [6.45, 7) is 5.41. The molecular weight excluding hydrogens is 246 g/mol. The maximum atomic E-state index is 12.1. The van der Waals surface area contributed by atoms with Crippen molar-refractivity contribution in [2.24, 2.45) is 5.73 Å². The van der Waals surface area contributed by atoms with Gasteiger partial charge >= 0.3 is 5.97 Å². The first-order chi connectivity index (χ1) is 9.04. The summed E-state index contributed by atoms with van der Waals surface area (Å²) in [6.07, 6.45) is 2.92. The van der Waals surface area contributed by atoms with Gasteiger partial charge in [-0.1, -0.05) is 19.8 Å². The molecule has 0 spiro atoms. The molecule has 0 aromatic carbocycles. The number of nitrogens with two attached hydrogens (primary N) is 1. The van der Waals surface area contributed by atoms with Crippen molar-refractivity contribution in [3.63, 3.8) is 0 Å². The fourth-order valence-corrected chi connectivity index (χ4v) is 2.23. The van der Waals surface area contributed by atoms with Crippen LogP contribution in [0.1, 0.15) is 32.6 Å². The number of amides is 1. The van der Waals surface area contributed by atoms with E-state index in [0.29, 0.717) is 19.6 Å². The number of nitrogens with zero attached hydrogens (tertiary/aromatic N) is 2. The number of unbranched alkanes of at least 4 members (excludes halogenated alkanes) is 1. The highest BCUT2D eigenvalue weighted by molar-refractivity contribution is 5.81. The molecule has 1 saturated heterocycles. The molecule has 0 saturated carbocycles. The van der Waals surface area contributed by atoms with Gasteiger partial charge in [-0.25, -0.2) is 0 Å². The van der Waals surface area contributed by atoms with Crippen LogP contribution in [0.4, 0.5) is 0 Å². The predicted octanol–water partition coefficient (Wildman–Crippen LogP) is 0.123. The van der Waals surface area contributed by atoms with Gasteiger partial charge in [-0.3, -0.25) is 14.5 Å². The molecule has 1 amide bonds. The summed E-state index contributed by atoms with van der Waals surface area (Å²) in [6, 6.07) is -0.384. The Kier molecular flexibility index (Phi) is 6.80. The minimum absolute atomic E-state index is 0.0336. The van der Waals surface area contributed by atoms with Crippen LogP contribution in [-0.4, -0.2) is 65.5 Å². The van der Waals surface area contributed by atoms with E-state index in [9.17, 15) is 9.59 Å². The van der Waals surface area contributed by atoms with Gasteiger partial charge in [0, 0.05) is 32.7 Å². The summed E-state index contributed by atoms with van der Waals surface area (Å²) in [5.41, 5.74) is 5.88. The van der Waals surface area contributed by atoms with Crippen molar-refractivity contribution < 1.29 is 14.7 Å². The van der Waals surface area contributed by atoms with Crippen LogP contribution in [0.2, 0.25) is 0 Å². The van der Waals surface area contributed by atoms with Gasteiger partial charge in [0.05, 0.1) is 12.5 Å². The Morgan fingerprint density at radius 1 is 1.26 bits per heavy atom. The number of rotatable bonds is 7. The lowest BCUT2D eigenvalue weighted by atomic mass is 10.1. The van der Waals surface area contributed by atoms with E-state index in [1.54, 1.807) is 4.90 Å². The van der Waals surface area contributed by atoms with Crippen LogP contribution in [0.5, 0.6) is 0 Å². The fraction of sp³-hybridized carbons (Fsp3) is 0.846. The first-order valence-electron chi connectivity index (χ1n) is 7.03. The van der Waals surface area contributed by atoms with Crippen molar-refractivity contribution in [3.05, 3.63) is 0 Å². The largest absolute Gasteiger partial charge is 0.481 e. The van der Waals surface area contributed by atoms with E-state index in [1.807, 2.05) is 0 Å². The Labute approximate surface area is 114 Å². The summed E-state index contributed by atoms with van der Waals surface area (Å²) >= 11 is 0. The second-order valence-electron chi connectivity index (χ2n) is 5.06. The Morgan fingerprint density at radius 2 is 1.89 bits per heavy atom. The lowest BCUT2D eigenvalue weighted by Crippen LogP contribution is -2.53. The number of hydrogen-bond acceptors (Lipinski definition) is 4. The van der Waals surface area contributed by atoms with E-state index in [0.717, 1.165) is 32.4 Å². The molecule has 1 unspecified atom stereocenters. The maximum Gasteiger partial charge on any atom is 0.304 e. The molecule has 0 aliphatic carbocycles. The highest BCUT2D eigenvalue weighted by Crippen LogP contribution is 2.07. The predicted molar refractivity (Wildman–Crippen MR) is 72.8 cm³/mol. The van der Waals surface area contributed by atoms with Crippen molar-refractivity contribution >= 4 is 11.9 Å². The van der Waals surface area contributed by atoms with Gasteiger partial charge in [0.1, 0.15) is 0 Å². The van der Waals surface area contributed by atoms with Gasteiger partial charge in [-0.05, 0) is 6.42 Å². The lowest BCUT2D eigenvalue weighted by Gasteiger charge is -2.35. The van der Waals surface area contributed by atoms with Crippen molar-refractivity contribution in [1.82, 2.24) is 9.80 Å². The molecule has 1 fully saturated rings. The zero-order valence-electron chi connectivity index (χ0n) is 11.7. The molecule has 0 aromatic heterocycles. The van der Waals surface area contributed by atoms with E-state index in [4.69, 9.17) is 10.8 Å². The number of hydrogen-bond donors (Lipinski definition) is 2. The van der Waals surface area contributed by atoms with Crippen LogP contribution in [0.15, 0.2) is 0 Å². The molecule has 1 aliphatic rings. The fourth-order valence-electron chi connectivity index (χ4n) is 2.23. The Morgan fingerprint density at radius 3 is 2.42 bits per heavy atom. The molecular formula is C13H25N3O3. The Bertz CT molecular complexity index is 302. The van der Waals surface area contributed by atoms with Crippen LogP contribution in [-0.2, 0) is 9.59 Å². The van der Waals surface area contributed by atoms with Crippen molar-refractivity contribution in [2.45, 2.75) is 38.6 Å². The van der Waals surface area contributed by atoms with Crippen LogP contribution < -0.4 is 5.73 Å². The maximum absolute atomic E-state index is 12.1. The van der Waals surface area contributed by atoms with Crippen molar-refractivity contribution in [3.8, 4) is 0 Å². The molecule has 6 nitrogen and oxygen atoms in total. The average molecular weight is 271 g/mol. The van der Waals surface area contributed by atoms with Gasteiger partial charge in [0.2, 0.25) is 5.91 Å². The van der Waals surface area contributed by atoms with E-state index in [-0.39, 0.29) is 18.4 Å². The highest BCUT2D eigenvalue weighted by atomic mass is 16.4. The summed E-state index contributed by atoms with van der Waals surface area (Å²) in [7, 11) is 0. The third-order valence-electron chi connectivity index (χ3n) is 3.51. The quantitative estimate of drug-likeness (QED) is 0.687.